The maximum absolute atomic E-state index is 5.25. The Morgan fingerprint density at radius 2 is 2.09 bits per heavy atom. The van der Waals surface area contributed by atoms with Crippen molar-refractivity contribution in [3.63, 3.8) is 0 Å². The Kier molecular flexibility index (Phi) is 3.27. The molecule has 3 aromatic rings. The number of pyridine rings is 1. The van der Waals surface area contributed by atoms with E-state index in [1.807, 2.05) is 30.5 Å². The molecular formula is C17H18N4O. The summed E-state index contributed by atoms with van der Waals surface area (Å²) in [6.45, 7) is 2.02. The minimum atomic E-state index is 0.427. The van der Waals surface area contributed by atoms with Gasteiger partial charge in [-0.15, -0.1) is 0 Å². The molecule has 1 N–H and O–H groups in total. The molecule has 2 aromatic heterocycles. The highest BCUT2D eigenvalue weighted by molar-refractivity contribution is 5.74. The van der Waals surface area contributed by atoms with Crippen molar-refractivity contribution in [1.82, 2.24) is 19.9 Å². The minimum Gasteiger partial charge on any atom is -0.497 e. The highest BCUT2D eigenvalue weighted by Gasteiger charge is 2.24. The molecule has 0 aliphatic carbocycles. The van der Waals surface area contributed by atoms with E-state index in [0.717, 1.165) is 47.9 Å². The summed E-state index contributed by atoms with van der Waals surface area (Å²) in [6.07, 6.45) is 2.93. The largest absolute Gasteiger partial charge is 0.497 e. The smallest absolute Gasteiger partial charge is 0.164 e. The minimum absolute atomic E-state index is 0.427. The fourth-order valence-corrected chi connectivity index (χ4v) is 3.06. The quantitative estimate of drug-likeness (QED) is 0.806. The van der Waals surface area contributed by atoms with Gasteiger partial charge in [-0.1, -0.05) is 0 Å². The number of fused-ring (bicyclic) bond motifs is 1. The third kappa shape index (κ3) is 2.14. The first-order chi connectivity index (χ1) is 10.9. The summed E-state index contributed by atoms with van der Waals surface area (Å²) in [5.41, 5.74) is 2.93. The van der Waals surface area contributed by atoms with Gasteiger partial charge in [-0.05, 0) is 49.4 Å². The molecule has 1 atom stereocenters. The van der Waals surface area contributed by atoms with Gasteiger partial charge in [-0.3, -0.25) is 4.57 Å². The first kappa shape index (κ1) is 13.3. The van der Waals surface area contributed by atoms with Gasteiger partial charge < -0.3 is 10.1 Å². The van der Waals surface area contributed by atoms with Gasteiger partial charge in [0.1, 0.15) is 17.1 Å². The number of nitrogens with zero attached hydrogens (tertiary/aromatic N) is 3. The Hall–Kier alpha value is -2.40. The first-order valence-corrected chi connectivity index (χ1v) is 7.55. The van der Waals surface area contributed by atoms with Gasteiger partial charge in [0.2, 0.25) is 0 Å². The normalized spacial score (nSPS) is 18.0. The van der Waals surface area contributed by atoms with Crippen molar-refractivity contribution < 1.29 is 4.74 Å². The SMILES string of the molecule is COc1ccc(-n2c(C3CCNC3)nc3cccnc32)cc1. The van der Waals surface area contributed by atoms with Crippen LogP contribution in [0.5, 0.6) is 5.75 Å². The number of hydrogen-bond donors (Lipinski definition) is 1. The summed E-state index contributed by atoms with van der Waals surface area (Å²) in [7, 11) is 1.68. The van der Waals surface area contributed by atoms with E-state index in [2.05, 4.69) is 27.0 Å². The second kappa shape index (κ2) is 5.42. The number of hydrogen-bond acceptors (Lipinski definition) is 4. The highest BCUT2D eigenvalue weighted by atomic mass is 16.5. The van der Waals surface area contributed by atoms with E-state index in [1.54, 1.807) is 7.11 Å². The summed E-state index contributed by atoms with van der Waals surface area (Å²) in [5.74, 6) is 2.37. The standard InChI is InChI=1S/C17H18N4O/c1-22-14-6-4-13(5-7-14)21-16(12-8-10-18-11-12)20-15-3-2-9-19-17(15)21/h2-7,9,12,18H,8,10-11H2,1H3. The van der Waals surface area contributed by atoms with Crippen LogP contribution in [0.2, 0.25) is 0 Å². The van der Waals surface area contributed by atoms with Crippen molar-refractivity contribution in [1.29, 1.82) is 0 Å². The molecule has 5 heteroatoms. The van der Waals surface area contributed by atoms with Gasteiger partial charge in [-0.25, -0.2) is 9.97 Å². The lowest BCUT2D eigenvalue weighted by Gasteiger charge is -2.13. The molecule has 3 heterocycles. The number of methoxy groups -OCH3 is 1. The molecule has 1 aliphatic heterocycles. The molecule has 1 aliphatic rings. The third-order valence-electron chi connectivity index (χ3n) is 4.20. The molecule has 22 heavy (non-hydrogen) atoms. The molecule has 0 saturated carbocycles. The lowest BCUT2D eigenvalue weighted by molar-refractivity contribution is 0.414. The van der Waals surface area contributed by atoms with E-state index in [0.29, 0.717) is 5.92 Å². The molecule has 4 rings (SSSR count). The summed E-state index contributed by atoms with van der Waals surface area (Å²) < 4.78 is 7.43. The molecule has 1 aromatic carbocycles. The summed E-state index contributed by atoms with van der Waals surface area (Å²) >= 11 is 0. The Morgan fingerprint density at radius 1 is 1.23 bits per heavy atom. The number of benzene rings is 1. The maximum atomic E-state index is 5.25. The number of rotatable bonds is 3. The zero-order valence-electron chi connectivity index (χ0n) is 12.5. The Morgan fingerprint density at radius 3 is 2.82 bits per heavy atom. The highest BCUT2D eigenvalue weighted by Crippen LogP contribution is 2.29. The van der Waals surface area contributed by atoms with Crippen molar-refractivity contribution in [2.45, 2.75) is 12.3 Å². The molecule has 0 bridgehead atoms. The van der Waals surface area contributed by atoms with Crippen molar-refractivity contribution in [3.05, 3.63) is 48.4 Å². The van der Waals surface area contributed by atoms with E-state index in [4.69, 9.17) is 9.72 Å². The predicted molar refractivity (Wildman–Crippen MR) is 85.6 cm³/mol. The van der Waals surface area contributed by atoms with E-state index in [9.17, 15) is 0 Å². The van der Waals surface area contributed by atoms with Gasteiger partial charge in [-0.2, -0.15) is 0 Å². The summed E-state index contributed by atoms with van der Waals surface area (Å²) in [4.78, 5) is 9.38. The van der Waals surface area contributed by atoms with Crippen molar-refractivity contribution in [3.8, 4) is 11.4 Å². The molecule has 0 amide bonds. The van der Waals surface area contributed by atoms with Crippen LogP contribution >= 0.6 is 0 Å². The molecule has 1 unspecified atom stereocenters. The molecule has 112 valence electrons. The topological polar surface area (TPSA) is 52.0 Å². The lowest BCUT2D eigenvalue weighted by atomic mass is 10.1. The Bertz CT molecular complexity index is 788. The lowest BCUT2D eigenvalue weighted by Crippen LogP contribution is -2.12. The fraction of sp³-hybridized carbons (Fsp3) is 0.294. The van der Waals surface area contributed by atoms with Crippen LogP contribution in [0.3, 0.4) is 0 Å². The fourth-order valence-electron chi connectivity index (χ4n) is 3.06. The van der Waals surface area contributed by atoms with Gasteiger partial charge in [0.25, 0.3) is 0 Å². The average molecular weight is 294 g/mol. The van der Waals surface area contributed by atoms with Crippen LogP contribution in [0.4, 0.5) is 0 Å². The molecule has 1 saturated heterocycles. The van der Waals surface area contributed by atoms with Crippen molar-refractivity contribution in [2.75, 3.05) is 20.2 Å². The second-order valence-electron chi connectivity index (χ2n) is 5.54. The van der Waals surface area contributed by atoms with Crippen molar-refractivity contribution >= 4 is 11.2 Å². The van der Waals surface area contributed by atoms with Gasteiger partial charge in [0, 0.05) is 24.3 Å². The zero-order valence-corrected chi connectivity index (χ0v) is 12.5. The third-order valence-corrected chi connectivity index (χ3v) is 4.20. The monoisotopic (exact) mass is 294 g/mol. The molecule has 0 spiro atoms. The number of nitrogens with one attached hydrogen (secondary N) is 1. The van der Waals surface area contributed by atoms with Crippen LogP contribution in [0.1, 0.15) is 18.2 Å². The van der Waals surface area contributed by atoms with Gasteiger partial charge in [0.15, 0.2) is 5.65 Å². The van der Waals surface area contributed by atoms with E-state index in [-0.39, 0.29) is 0 Å². The molecular weight excluding hydrogens is 276 g/mol. The molecule has 0 radical (unpaired) electrons. The van der Waals surface area contributed by atoms with Crippen LogP contribution in [0.25, 0.3) is 16.9 Å². The van der Waals surface area contributed by atoms with Crippen LogP contribution in [0.15, 0.2) is 42.6 Å². The van der Waals surface area contributed by atoms with Gasteiger partial charge in [0.05, 0.1) is 7.11 Å². The Balaban J connectivity index is 1.90. The van der Waals surface area contributed by atoms with Crippen molar-refractivity contribution in [2.24, 2.45) is 0 Å². The summed E-state index contributed by atoms with van der Waals surface area (Å²) in [5, 5.41) is 3.42. The van der Waals surface area contributed by atoms with Gasteiger partial charge >= 0.3 is 0 Å². The van der Waals surface area contributed by atoms with E-state index >= 15 is 0 Å². The second-order valence-corrected chi connectivity index (χ2v) is 5.54. The maximum Gasteiger partial charge on any atom is 0.164 e. The van der Waals surface area contributed by atoms with E-state index < -0.39 is 0 Å². The first-order valence-electron chi connectivity index (χ1n) is 7.55. The number of imidazole rings is 1. The molecule has 5 nitrogen and oxygen atoms in total. The van der Waals surface area contributed by atoms with Crippen LogP contribution < -0.4 is 10.1 Å². The number of aromatic nitrogens is 3. The average Bonchev–Trinajstić information content (AvgIpc) is 3.22. The predicted octanol–water partition coefficient (Wildman–Crippen LogP) is 2.51. The zero-order chi connectivity index (χ0) is 14.9. The van der Waals surface area contributed by atoms with Crippen LogP contribution in [-0.2, 0) is 0 Å². The Labute approximate surface area is 129 Å². The van der Waals surface area contributed by atoms with Crippen LogP contribution in [-0.4, -0.2) is 34.7 Å². The molecule has 1 fully saturated rings. The number of ether oxygens (including phenoxy) is 1. The van der Waals surface area contributed by atoms with Crippen LogP contribution in [0, 0.1) is 0 Å². The van der Waals surface area contributed by atoms with E-state index in [1.165, 1.54) is 0 Å². The summed E-state index contributed by atoms with van der Waals surface area (Å²) in [6, 6.07) is 12.0.